The minimum atomic E-state index is -0.183. The van der Waals surface area contributed by atoms with E-state index in [0.29, 0.717) is 23.9 Å². The Bertz CT molecular complexity index is 528. The Balaban J connectivity index is 1.91. The highest BCUT2D eigenvalue weighted by Gasteiger charge is 2.06. The van der Waals surface area contributed by atoms with Crippen LogP contribution in [-0.4, -0.2) is 27.7 Å². The number of rotatable bonds is 5. The number of aromatic nitrogens is 3. The summed E-state index contributed by atoms with van der Waals surface area (Å²) >= 11 is 0. The lowest BCUT2D eigenvalue weighted by Gasteiger charge is -2.05. The van der Waals surface area contributed by atoms with Crippen molar-refractivity contribution in [2.45, 2.75) is 13.3 Å². The second-order valence-corrected chi connectivity index (χ2v) is 3.75. The number of hydrogen-bond donors (Lipinski definition) is 1. The number of hydrogen-bond acceptors (Lipinski definition) is 5. The zero-order valence-corrected chi connectivity index (χ0v) is 10.5. The Morgan fingerprint density at radius 3 is 2.89 bits per heavy atom. The summed E-state index contributed by atoms with van der Waals surface area (Å²) in [5, 5.41) is 10.1. The molecule has 2 rings (SSSR count). The quantitative estimate of drug-likeness (QED) is 0.878. The fourth-order valence-electron chi connectivity index (χ4n) is 1.49. The number of anilines is 1. The Morgan fingerprint density at radius 2 is 2.26 bits per heavy atom. The lowest BCUT2D eigenvalue weighted by molar-refractivity contribution is -0.115. The smallest absolute Gasteiger partial charge is 0.231 e. The molecule has 98 valence electrons. The Labute approximate surface area is 110 Å². The predicted octanol–water partition coefficient (Wildman–Crippen LogP) is 1.45. The van der Waals surface area contributed by atoms with Gasteiger partial charge in [0.15, 0.2) is 5.82 Å². The van der Waals surface area contributed by atoms with E-state index < -0.39 is 0 Å². The average molecular weight is 258 g/mol. The van der Waals surface area contributed by atoms with Gasteiger partial charge in [-0.05, 0) is 31.2 Å². The number of nitrogens with one attached hydrogen (secondary N) is 1. The minimum absolute atomic E-state index is 0.183. The van der Waals surface area contributed by atoms with Crippen molar-refractivity contribution in [3.8, 4) is 5.75 Å². The normalized spacial score (nSPS) is 9.95. The van der Waals surface area contributed by atoms with Crippen LogP contribution in [0.2, 0.25) is 0 Å². The van der Waals surface area contributed by atoms with Crippen LogP contribution in [0.4, 0.5) is 5.82 Å². The fourth-order valence-corrected chi connectivity index (χ4v) is 1.49. The summed E-state index contributed by atoms with van der Waals surface area (Å²) in [6.45, 7) is 2.50. The highest BCUT2D eigenvalue weighted by molar-refractivity contribution is 5.90. The lowest BCUT2D eigenvalue weighted by Crippen LogP contribution is -2.16. The highest BCUT2D eigenvalue weighted by Crippen LogP contribution is 2.09. The van der Waals surface area contributed by atoms with Gasteiger partial charge < -0.3 is 10.1 Å². The maximum Gasteiger partial charge on any atom is 0.231 e. The Morgan fingerprint density at radius 1 is 1.37 bits per heavy atom. The summed E-state index contributed by atoms with van der Waals surface area (Å²) in [6, 6.07) is 6.94. The van der Waals surface area contributed by atoms with Crippen molar-refractivity contribution in [1.29, 1.82) is 0 Å². The number of carbonyl (C=O) groups is 1. The predicted molar refractivity (Wildman–Crippen MR) is 69.8 cm³/mol. The molecule has 0 aliphatic heterocycles. The van der Waals surface area contributed by atoms with Gasteiger partial charge in [0.05, 0.1) is 19.2 Å². The van der Waals surface area contributed by atoms with Crippen molar-refractivity contribution in [2.75, 3.05) is 11.9 Å². The average Bonchev–Trinajstić information content (AvgIpc) is 2.42. The first kappa shape index (κ1) is 12.9. The van der Waals surface area contributed by atoms with E-state index in [2.05, 4.69) is 20.5 Å². The molecule has 6 nitrogen and oxygen atoms in total. The van der Waals surface area contributed by atoms with Gasteiger partial charge in [0.25, 0.3) is 0 Å². The third-order valence-electron chi connectivity index (χ3n) is 2.29. The summed E-state index contributed by atoms with van der Waals surface area (Å²) < 4.78 is 5.28. The van der Waals surface area contributed by atoms with Crippen LogP contribution in [0.3, 0.4) is 0 Å². The summed E-state index contributed by atoms with van der Waals surface area (Å²) in [7, 11) is 0. The van der Waals surface area contributed by atoms with E-state index in [1.54, 1.807) is 36.7 Å². The van der Waals surface area contributed by atoms with E-state index in [9.17, 15) is 4.79 Å². The van der Waals surface area contributed by atoms with E-state index in [0.717, 1.165) is 0 Å². The molecule has 2 aromatic rings. The molecule has 0 aliphatic rings. The maximum absolute atomic E-state index is 11.7. The van der Waals surface area contributed by atoms with Crippen molar-refractivity contribution in [1.82, 2.24) is 15.2 Å². The largest absolute Gasteiger partial charge is 0.492 e. The van der Waals surface area contributed by atoms with E-state index >= 15 is 0 Å². The zero-order chi connectivity index (χ0) is 13.5. The SMILES string of the molecule is CCOc1ccc(CC(=O)Nc2cccnn2)nc1. The van der Waals surface area contributed by atoms with E-state index in [-0.39, 0.29) is 12.3 Å². The Hall–Kier alpha value is -2.50. The molecule has 0 atom stereocenters. The van der Waals surface area contributed by atoms with Crippen LogP contribution in [0.1, 0.15) is 12.6 Å². The molecule has 0 aromatic carbocycles. The van der Waals surface area contributed by atoms with Crippen molar-refractivity contribution in [3.63, 3.8) is 0 Å². The minimum Gasteiger partial charge on any atom is -0.492 e. The third kappa shape index (κ3) is 4.02. The molecule has 2 aromatic heterocycles. The van der Waals surface area contributed by atoms with Crippen LogP contribution in [0.25, 0.3) is 0 Å². The topological polar surface area (TPSA) is 77.0 Å². The van der Waals surface area contributed by atoms with Crippen molar-refractivity contribution in [3.05, 3.63) is 42.4 Å². The van der Waals surface area contributed by atoms with Gasteiger partial charge in [0.1, 0.15) is 5.75 Å². The molecule has 1 N–H and O–H groups in total. The first-order chi connectivity index (χ1) is 9.28. The van der Waals surface area contributed by atoms with Gasteiger partial charge in [-0.2, -0.15) is 5.10 Å². The molecule has 6 heteroatoms. The molecule has 0 radical (unpaired) electrons. The molecular weight excluding hydrogens is 244 g/mol. The number of pyridine rings is 1. The van der Waals surface area contributed by atoms with E-state index in [4.69, 9.17) is 4.74 Å². The molecule has 0 saturated carbocycles. The third-order valence-corrected chi connectivity index (χ3v) is 2.29. The molecule has 0 fully saturated rings. The van der Waals surface area contributed by atoms with Crippen LogP contribution in [0, 0.1) is 0 Å². The highest BCUT2D eigenvalue weighted by atomic mass is 16.5. The number of carbonyl (C=O) groups excluding carboxylic acids is 1. The summed E-state index contributed by atoms with van der Waals surface area (Å²) in [5.74, 6) is 0.941. The second-order valence-electron chi connectivity index (χ2n) is 3.75. The number of nitrogens with zero attached hydrogens (tertiary/aromatic N) is 3. The van der Waals surface area contributed by atoms with Gasteiger partial charge in [-0.15, -0.1) is 5.10 Å². The summed E-state index contributed by atoms with van der Waals surface area (Å²) in [4.78, 5) is 15.9. The van der Waals surface area contributed by atoms with E-state index in [1.165, 1.54) is 0 Å². The number of amides is 1. The molecule has 0 saturated heterocycles. The molecule has 0 bridgehead atoms. The van der Waals surface area contributed by atoms with Crippen LogP contribution in [0.5, 0.6) is 5.75 Å². The van der Waals surface area contributed by atoms with Crippen LogP contribution < -0.4 is 10.1 Å². The molecule has 0 spiro atoms. The van der Waals surface area contributed by atoms with Gasteiger partial charge >= 0.3 is 0 Å². The maximum atomic E-state index is 11.7. The van der Waals surface area contributed by atoms with Gasteiger partial charge in [0, 0.05) is 11.9 Å². The number of ether oxygens (including phenoxy) is 1. The molecule has 19 heavy (non-hydrogen) atoms. The molecule has 2 heterocycles. The van der Waals surface area contributed by atoms with Crippen LogP contribution >= 0.6 is 0 Å². The van der Waals surface area contributed by atoms with Crippen molar-refractivity contribution in [2.24, 2.45) is 0 Å². The lowest BCUT2D eigenvalue weighted by atomic mass is 10.2. The fraction of sp³-hybridized carbons (Fsp3) is 0.231. The van der Waals surface area contributed by atoms with Gasteiger partial charge in [-0.3, -0.25) is 9.78 Å². The first-order valence-corrected chi connectivity index (χ1v) is 5.93. The molecule has 1 amide bonds. The molecule has 0 aliphatic carbocycles. The standard InChI is InChI=1S/C13H14N4O2/c1-2-19-11-6-5-10(14-9-11)8-13(18)16-12-4-3-7-15-17-12/h3-7,9H,2,8H2,1H3,(H,16,17,18). The van der Waals surface area contributed by atoms with Crippen LogP contribution in [0.15, 0.2) is 36.7 Å². The first-order valence-electron chi connectivity index (χ1n) is 5.93. The summed E-state index contributed by atoms with van der Waals surface area (Å²) in [6.07, 6.45) is 3.33. The zero-order valence-electron chi connectivity index (χ0n) is 10.5. The molecular formula is C13H14N4O2. The summed E-state index contributed by atoms with van der Waals surface area (Å²) in [5.41, 5.74) is 0.671. The van der Waals surface area contributed by atoms with Crippen LogP contribution in [-0.2, 0) is 11.2 Å². The van der Waals surface area contributed by atoms with Gasteiger partial charge in [0.2, 0.25) is 5.91 Å². The van der Waals surface area contributed by atoms with Crippen molar-refractivity contribution >= 4 is 11.7 Å². The van der Waals surface area contributed by atoms with Crippen molar-refractivity contribution < 1.29 is 9.53 Å². The second kappa shape index (κ2) is 6.44. The van der Waals surface area contributed by atoms with E-state index in [1.807, 2.05) is 6.92 Å². The molecule has 0 unspecified atom stereocenters. The van der Waals surface area contributed by atoms with Gasteiger partial charge in [-0.25, -0.2) is 0 Å². The Kier molecular flexibility index (Phi) is 4.39. The van der Waals surface area contributed by atoms with Gasteiger partial charge in [-0.1, -0.05) is 0 Å². The monoisotopic (exact) mass is 258 g/mol.